The normalized spacial score (nSPS) is 22.6. The molecule has 2 aromatic heterocycles. The molecule has 2 aliphatic rings. The van der Waals surface area contributed by atoms with Crippen molar-refractivity contribution in [1.82, 2.24) is 19.7 Å². The zero-order valence-electron chi connectivity index (χ0n) is 11.9. The van der Waals surface area contributed by atoms with Gasteiger partial charge >= 0.3 is 0 Å². The number of nitrogens with zero attached hydrogens (tertiary/aromatic N) is 4. The molecule has 1 fully saturated rings. The van der Waals surface area contributed by atoms with Gasteiger partial charge in [0, 0.05) is 24.2 Å². The van der Waals surface area contributed by atoms with Crippen molar-refractivity contribution in [2.75, 3.05) is 13.1 Å². The van der Waals surface area contributed by atoms with Crippen molar-refractivity contribution in [3.63, 3.8) is 0 Å². The summed E-state index contributed by atoms with van der Waals surface area (Å²) in [5.41, 5.74) is 2.63. The van der Waals surface area contributed by atoms with Gasteiger partial charge in [0.15, 0.2) is 0 Å². The SMILES string of the molecule is Cc1cnn(C2CCN(Cc3nc4c(s3)CCC4)C2)c1. The van der Waals surface area contributed by atoms with Crippen molar-refractivity contribution in [1.29, 1.82) is 0 Å². The third-order valence-corrected chi connectivity index (χ3v) is 5.49. The average molecular weight is 288 g/mol. The van der Waals surface area contributed by atoms with Gasteiger partial charge in [-0.3, -0.25) is 9.58 Å². The maximum Gasteiger partial charge on any atom is 0.107 e. The maximum atomic E-state index is 4.81. The minimum absolute atomic E-state index is 0.538. The van der Waals surface area contributed by atoms with Gasteiger partial charge in [-0.15, -0.1) is 11.3 Å². The topological polar surface area (TPSA) is 34.0 Å². The highest BCUT2D eigenvalue weighted by atomic mass is 32.1. The number of likely N-dealkylation sites (tertiary alicyclic amines) is 1. The van der Waals surface area contributed by atoms with Crippen LogP contribution in [0.25, 0.3) is 0 Å². The van der Waals surface area contributed by atoms with E-state index in [1.807, 2.05) is 17.5 Å². The molecule has 2 aromatic rings. The lowest BCUT2D eigenvalue weighted by Gasteiger charge is -2.14. The molecule has 0 radical (unpaired) electrons. The van der Waals surface area contributed by atoms with E-state index in [2.05, 4.69) is 27.8 Å². The van der Waals surface area contributed by atoms with Crippen molar-refractivity contribution in [3.05, 3.63) is 33.5 Å². The van der Waals surface area contributed by atoms with Crippen LogP contribution >= 0.6 is 11.3 Å². The summed E-state index contributed by atoms with van der Waals surface area (Å²) in [5, 5.41) is 5.77. The number of hydrogen-bond acceptors (Lipinski definition) is 4. The number of fused-ring (bicyclic) bond motifs is 1. The summed E-state index contributed by atoms with van der Waals surface area (Å²) in [4.78, 5) is 8.87. The molecule has 0 N–H and O–H groups in total. The van der Waals surface area contributed by atoms with Crippen molar-refractivity contribution < 1.29 is 0 Å². The van der Waals surface area contributed by atoms with Gasteiger partial charge in [-0.05, 0) is 38.2 Å². The van der Waals surface area contributed by atoms with E-state index in [-0.39, 0.29) is 0 Å². The van der Waals surface area contributed by atoms with Crippen LogP contribution in [0.1, 0.15) is 40.0 Å². The Morgan fingerprint density at radius 3 is 3.15 bits per heavy atom. The van der Waals surface area contributed by atoms with Crippen LogP contribution < -0.4 is 0 Å². The summed E-state index contributed by atoms with van der Waals surface area (Å²) >= 11 is 1.93. The second-order valence-electron chi connectivity index (χ2n) is 6.01. The first kappa shape index (κ1) is 12.5. The standard InChI is InChI=1S/C15H20N4S/c1-11-7-16-19(8-11)12-5-6-18(9-12)10-15-17-13-3-2-4-14(13)20-15/h7-8,12H,2-6,9-10H2,1H3. The number of rotatable bonds is 3. The van der Waals surface area contributed by atoms with E-state index in [9.17, 15) is 0 Å². The molecule has 0 spiro atoms. The number of aromatic nitrogens is 3. The Bertz CT molecular complexity index is 594. The Morgan fingerprint density at radius 2 is 2.35 bits per heavy atom. The molecule has 0 aromatic carbocycles. The Morgan fingerprint density at radius 1 is 1.40 bits per heavy atom. The number of aryl methyl sites for hydroxylation is 3. The first-order valence-electron chi connectivity index (χ1n) is 7.48. The highest BCUT2D eigenvalue weighted by molar-refractivity contribution is 7.11. The van der Waals surface area contributed by atoms with E-state index in [4.69, 9.17) is 4.98 Å². The predicted molar refractivity (Wildman–Crippen MR) is 80.0 cm³/mol. The molecule has 106 valence electrons. The van der Waals surface area contributed by atoms with Gasteiger partial charge < -0.3 is 0 Å². The van der Waals surface area contributed by atoms with Crippen molar-refractivity contribution in [2.45, 2.75) is 45.2 Å². The van der Waals surface area contributed by atoms with E-state index in [0.717, 1.165) is 19.6 Å². The third-order valence-electron chi connectivity index (χ3n) is 4.35. The lowest BCUT2D eigenvalue weighted by molar-refractivity contribution is 0.311. The molecule has 0 amide bonds. The predicted octanol–water partition coefficient (Wildman–Crippen LogP) is 2.58. The second kappa shape index (κ2) is 4.97. The minimum atomic E-state index is 0.538. The van der Waals surface area contributed by atoms with Crippen LogP contribution in [0.15, 0.2) is 12.4 Å². The molecule has 0 saturated carbocycles. The highest BCUT2D eigenvalue weighted by Gasteiger charge is 2.26. The molecule has 1 aliphatic heterocycles. The molecule has 1 atom stereocenters. The lowest BCUT2D eigenvalue weighted by Crippen LogP contribution is -2.21. The number of thiazole rings is 1. The van der Waals surface area contributed by atoms with E-state index in [0.29, 0.717) is 6.04 Å². The van der Waals surface area contributed by atoms with Crippen LogP contribution in [0.4, 0.5) is 0 Å². The average Bonchev–Trinajstić information content (AvgIpc) is 3.12. The van der Waals surface area contributed by atoms with E-state index >= 15 is 0 Å². The highest BCUT2D eigenvalue weighted by Crippen LogP contribution is 2.29. The fourth-order valence-corrected chi connectivity index (χ4v) is 4.51. The van der Waals surface area contributed by atoms with Crippen LogP contribution in [-0.2, 0) is 19.4 Å². The third kappa shape index (κ3) is 2.29. The molecule has 1 aliphatic carbocycles. The van der Waals surface area contributed by atoms with Crippen molar-refractivity contribution in [3.8, 4) is 0 Å². The van der Waals surface area contributed by atoms with Crippen LogP contribution in [0.5, 0.6) is 0 Å². The van der Waals surface area contributed by atoms with Gasteiger partial charge in [0.2, 0.25) is 0 Å². The maximum absolute atomic E-state index is 4.81. The molecule has 5 heteroatoms. The fraction of sp³-hybridized carbons (Fsp3) is 0.600. The Kier molecular flexibility index (Phi) is 3.11. The molecule has 0 bridgehead atoms. The zero-order chi connectivity index (χ0) is 13.5. The first-order chi connectivity index (χ1) is 9.78. The van der Waals surface area contributed by atoms with Crippen LogP contribution in [0, 0.1) is 6.92 Å². The summed E-state index contributed by atoms with van der Waals surface area (Å²) in [6, 6.07) is 0.538. The quantitative estimate of drug-likeness (QED) is 0.870. The van der Waals surface area contributed by atoms with Crippen LogP contribution in [0.3, 0.4) is 0 Å². The van der Waals surface area contributed by atoms with Gasteiger partial charge in [-0.1, -0.05) is 0 Å². The van der Waals surface area contributed by atoms with Gasteiger partial charge in [-0.2, -0.15) is 5.10 Å². The molecular formula is C15H20N4S. The molecule has 4 nitrogen and oxygen atoms in total. The van der Waals surface area contributed by atoms with Crippen molar-refractivity contribution >= 4 is 11.3 Å². The van der Waals surface area contributed by atoms with Gasteiger partial charge in [0.05, 0.1) is 24.5 Å². The van der Waals surface area contributed by atoms with E-state index < -0.39 is 0 Å². The molecule has 1 saturated heterocycles. The fourth-order valence-electron chi connectivity index (χ4n) is 3.31. The summed E-state index contributed by atoms with van der Waals surface area (Å²) in [7, 11) is 0. The van der Waals surface area contributed by atoms with E-state index in [1.54, 1.807) is 4.88 Å². The molecule has 20 heavy (non-hydrogen) atoms. The summed E-state index contributed by atoms with van der Waals surface area (Å²) in [5.74, 6) is 0. The van der Waals surface area contributed by atoms with E-state index in [1.165, 1.54) is 41.9 Å². The Labute approximate surface area is 123 Å². The molecule has 3 heterocycles. The lowest BCUT2D eigenvalue weighted by atomic mass is 10.3. The van der Waals surface area contributed by atoms with Crippen LogP contribution in [0.2, 0.25) is 0 Å². The Balaban J connectivity index is 1.41. The summed E-state index contributed by atoms with van der Waals surface area (Å²) in [6.07, 6.45) is 9.06. The van der Waals surface area contributed by atoms with Gasteiger partial charge in [-0.25, -0.2) is 4.98 Å². The smallest absolute Gasteiger partial charge is 0.107 e. The second-order valence-corrected chi connectivity index (χ2v) is 7.17. The summed E-state index contributed by atoms with van der Waals surface area (Å²) in [6.45, 7) is 5.39. The Hall–Kier alpha value is -1.20. The van der Waals surface area contributed by atoms with Crippen LogP contribution in [-0.4, -0.2) is 32.8 Å². The number of hydrogen-bond donors (Lipinski definition) is 0. The first-order valence-corrected chi connectivity index (χ1v) is 8.30. The van der Waals surface area contributed by atoms with Gasteiger partial charge in [0.25, 0.3) is 0 Å². The molecule has 4 rings (SSSR count). The zero-order valence-corrected chi connectivity index (χ0v) is 12.7. The minimum Gasteiger partial charge on any atom is -0.294 e. The molecule has 1 unspecified atom stereocenters. The molecular weight excluding hydrogens is 268 g/mol. The van der Waals surface area contributed by atoms with Gasteiger partial charge in [0.1, 0.15) is 5.01 Å². The largest absolute Gasteiger partial charge is 0.294 e. The summed E-state index contributed by atoms with van der Waals surface area (Å²) < 4.78 is 2.14. The van der Waals surface area contributed by atoms with Crippen molar-refractivity contribution in [2.24, 2.45) is 0 Å². The monoisotopic (exact) mass is 288 g/mol.